The number of nitrogens with zero attached hydrogens (tertiary/aromatic N) is 2. The molecule has 1 heterocycles. The van der Waals surface area contributed by atoms with E-state index in [2.05, 4.69) is 4.72 Å². The molecule has 9 heteroatoms. The molecule has 32 heavy (non-hydrogen) atoms. The summed E-state index contributed by atoms with van der Waals surface area (Å²) in [5.74, 6) is -0.298. The minimum atomic E-state index is -3.78. The van der Waals surface area contributed by atoms with Crippen LogP contribution in [-0.4, -0.2) is 25.8 Å². The van der Waals surface area contributed by atoms with Gasteiger partial charge in [-0.3, -0.25) is 19.6 Å². The second kappa shape index (κ2) is 8.08. The van der Waals surface area contributed by atoms with Crippen LogP contribution >= 0.6 is 0 Å². The Morgan fingerprint density at radius 2 is 1.75 bits per heavy atom. The Morgan fingerprint density at radius 3 is 2.44 bits per heavy atom. The minimum Gasteiger partial charge on any atom is -0.308 e. The van der Waals surface area contributed by atoms with E-state index in [1.807, 2.05) is 13.0 Å². The molecule has 8 nitrogen and oxygen atoms in total. The molecular weight excluding hydrogens is 430 g/mol. The first-order valence-corrected chi connectivity index (χ1v) is 11.4. The van der Waals surface area contributed by atoms with Crippen molar-refractivity contribution in [1.82, 2.24) is 0 Å². The van der Waals surface area contributed by atoms with Crippen LogP contribution in [0.2, 0.25) is 0 Å². The van der Waals surface area contributed by atoms with Gasteiger partial charge < -0.3 is 4.90 Å². The number of nitrogens with one attached hydrogen (secondary N) is 1. The molecule has 0 aliphatic carbocycles. The van der Waals surface area contributed by atoms with Crippen molar-refractivity contribution in [3.8, 4) is 0 Å². The van der Waals surface area contributed by atoms with Crippen molar-refractivity contribution < 1.29 is 18.1 Å². The van der Waals surface area contributed by atoms with Crippen LogP contribution in [0.3, 0.4) is 0 Å². The van der Waals surface area contributed by atoms with E-state index < -0.39 is 14.9 Å². The Labute approximate surface area is 185 Å². The zero-order valence-electron chi connectivity index (χ0n) is 17.5. The lowest BCUT2D eigenvalue weighted by Crippen LogP contribution is -2.28. The fourth-order valence-corrected chi connectivity index (χ4v) is 5.13. The van der Waals surface area contributed by atoms with Gasteiger partial charge in [0.1, 0.15) is 0 Å². The molecule has 3 aromatic carbocycles. The van der Waals surface area contributed by atoms with Crippen molar-refractivity contribution in [3.05, 3.63) is 93.0 Å². The molecule has 0 spiro atoms. The smallest absolute Gasteiger partial charge is 0.271 e. The summed E-state index contributed by atoms with van der Waals surface area (Å²) in [7, 11) is -3.78. The summed E-state index contributed by atoms with van der Waals surface area (Å²) in [6.45, 7) is 3.98. The fraction of sp³-hybridized carbons (Fsp3) is 0.174. The second-order valence-corrected chi connectivity index (χ2v) is 9.38. The zero-order chi connectivity index (χ0) is 23.0. The van der Waals surface area contributed by atoms with Gasteiger partial charge in [-0.2, -0.15) is 0 Å². The van der Waals surface area contributed by atoms with Gasteiger partial charge in [0.15, 0.2) is 0 Å². The van der Waals surface area contributed by atoms with Gasteiger partial charge in [0.05, 0.1) is 15.5 Å². The average Bonchev–Trinajstić information content (AvgIpc) is 3.18. The van der Waals surface area contributed by atoms with E-state index in [4.69, 9.17) is 0 Å². The van der Waals surface area contributed by atoms with Crippen LogP contribution in [0.5, 0.6) is 0 Å². The number of carbonyl (C=O) groups excluding carboxylic acids is 1. The number of benzene rings is 3. The lowest BCUT2D eigenvalue weighted by molar-refractivity contribution is -0.384. The topological polar surface area (TPSA) is 110 Å². The van der Waals surface area contributed by atoms with Gasteiger partial charge in [-0.15, -0.1) is 0 Å². The van der Waals surface area contributed by atoms with Crippen molar-refractivity contribution in [2.75, 3.05) is 16.2 Å². The SMILES string of the molecule is Cc1ccc(C)c(S(=O)(=O)Nc2ccc(C(=O)N3CCc4ccc([N+](=O)[O-])cc43)cc2)c1. The first kappa shape index (κ1) is 21.5. The minimum absolute atomic E-state index is 0.0698. The number of amides is 1. The Hall–Kier alpha value is -3.72. The molecule has 0 saturated heterocycles. The molecular formula is C23H21N3O5S. The summed E-state index contributed by atoms with van der Waals surface area (Å²) in [6, 6.07) is 15.9. The van der Waals surface area contributed by atoms with Gasteiger partial charge in [0.2, 0.25) is 0 Å². The maximum atomic E-state index is 13.0. The standard InChI is InChI=1S/C23H21N3O5S/c1-15-3-4-16(2)22(13-15)32(30,31)24-19-8-5-18(6-9-19)23(27)25-12-11-17-7-10-20(26(28)29)14-21(17)25/h3-10,13-14,24H,11-12H2,1-2H3. The molecule has 0 radical (unpaired) electrons. The van der Waals surface area contributed by atoms with Crippen LogP contribution in [0.1, 0.15) is 27.0 Å². The molecule has 0 aromatic heterocycles. The predicted octanol–water partition coefficient (Wildman–Crippen LogP) is 4.22. The van der Waals surface area contributed by atoms with Gasteiger partial charge in [0, 0.05) is 29.9 Å². The van der Waals surface area contributed by atoms with Gasteiger partial charge >= 0.3 is 0 Å². The van der Waals surface area contributed by atoms with Crippen LogP contribution in [0.4, 0.5) is 17.1 Å². The van der Waals surface area contributed by atoms with Gasteiger partial charge in [0.25, 0.3) is 21.6 Å². The van der Waals surface area contributed by atoms with E-state index in [1.54, 1.807) is 37.3 Å². The Morgan fingerprint density at radius 1 is 1.03 bits per heavy atom. The number of aryl methyl sites for hydroxylation is 2. The number of nitro groups is 1. The molecule has 1 N–H and O–H groups in total. The highest BCUT2D eigenvalue weighted by molar-refractivity contribution is 7.92. The summed E-state index contributed by atoms with van der Waals surface area (Å²) in [5, 5.41) is 11.1. The number of rotatable bonds is 5. The summed E-state index contributed by atoms with van der Waals surface area (Å²) in [4.78, 5) is 25.3. The van der Waals surface area contributed by atoms with Crippen molar-refractivity contribution >= 4 is 33.0 Å². The van der Waals surface area contributed by atoms with Gasteiger partial charge in [-0.1, -0.05) is 18.2 Å². The summed E-state index contributed by atoms with van der Waals surface area (Å²) >= 11 is 0. The van der Waals surface area contributed by atoms with Crippen molar-refractivity contribution in [2.24, 2.45) is 0 Å². The highest BCUT2D eigenvalue weighted by Crippen LogP contribution is 2.33. The molecule has 1 amide bonds. The number of anilines is 2. The van der Waals surface area contributed by atoms with E-state index in [0.717, 1.165) is 11.1 Å². The fourth-order valence-electron chi connectivity index (χ4n) is 3.74. The van der Waals surface area contributed by atoms with E-state index >= 15 is 0 Å². The van der Waals surface area contributed by atoms with E-state index in [9.17, 15) is 23.3 Å². The van der Waals surface area contributed by atoms with Crippen LogP contribution < -0.4 is 9.62 Å². The molecule has 1 aliphatic rings. The molecule has 0 unspecified atom stereocenters. The third kappa shape index (κ3) is 4.06. The quantitative estimate of drug-likeness (QED) is 0.461. The van der Waals surface area contributed by atoms with Crippen LogP contribution in [0.25, 0.3) is 0 Å². The molecule has 0 bridgehead atoms. The number of hydrogen-bond acceptors (Lipinski definition) is 5. The largest absolute Gasteiger partial charge is 0.308 e. The number of fused-ring (bicyclic) bond motifs is 1. The van der Waals surface area contributed by atoms with Gasteiger partial charge in [-0.05, 0) is 67.3 Å². The van der Waals surface area contributed by atoms with Crippen LogP contribution in [0, 0.1) is 24.0 Å². The highest BCUT2D eigenvalue weighted by Gasteiger charge is 2.27. The number of sulfonamides is 1. The first-order valence-electron chi connectivity index (χ1n) is 9.95. The number of nitro benzene ring substituents is 1. The lowest BCUT2D eigenvalue weighted by atomic mass is 10.1. The second-order valence-electron chi connectivity index (χ2n) is 7.73. The summed E-state index contributed by atoms with van der Waals surface area (Å²) in [6.07, 6.45) is 0.618. The normalized spacial score (nSPS) is 13.0. The molecule has 0 atom stereocenters. The molecule has 0 fully saturated rings. The Kier molecular flexibility index (Phi) is 5.43. The van der Waals surface area contributed by atoms with Gasteiger partial charge in [-0.25, -0.2) is 8.42 Å². The van der Waals surface area contributed by atoms with E-state index in [1.165, 1.54) is 29.2 Å². The third-order valence-corrected chi connectivity index (χ3v) is 6.96. The zero-order valence-corrected chi connectivity index (χ0v) is 18.3. The van der Waals surface area contributed by atoms with Crippen molar-refractivity contribution in [2.45, 2.75) is 25.2 Å². The van der Waals surface area contributed by atoms with Crippen molar-refractivity contribution in [3.63, 3.8) is 0 Å². The number of carbonyl (C=O) groups is 1. The van der Waals surface area contributed by atoms with E-state index in [0.29, 0.717) is 35.5 Å². The predicted molar refractivity (Wildman–Crippen MR) is 122 cm³/mol. The first-order chi connectivity index (χ1) is 15.2. The number of non-ortho nitro benzene ring substituents is 1. The monoisotopic (exact) mass is 451 g/mol. The average molecular weight is 452 g/mol. The van der Waals surface area contributed by atoms with Crippen LogP contribution in [-0.2, 0) is 16.4 Å². The lowest BCUT2D eigenvalue weighted by Gasteiger charge is -2.17. The molecule has 3 aromatic rings. The molecule has 0 saturated carbocycles. The molecule has 1 aliphatic heterocycles. The highest BCUT2D eigenvalue weighted by atomic mass is 32.2. The van der Waals surface area contributed by atoms with E-state index in [-0.39, 0.29) is 16.5 Å². The molecule has 164 valence electrons. The third-order valence-electron chi connectivity index (χ3n) is 5.44. The maximum Gasteiger partial charge on any atom is 0.271 e. The van der Waals surface area contributed by atoms with Crippen molar-refractivity contribution in [1.29, 1.82) is 0 Å². The number of hydrogen-bond donors (Lipinski definition) is 1. The van der Waals surface area contributed by atoms with Crippen LogP contribution in [0.15, 0.2) is 65.6 Å². The Balaban J connectivity index is 1.55. The summed E-state index contributed by atoms with van der Waals surface area (Å²) < 4.78 is 28.1. The maximum absolute atomic E-state index is 13.0. The Bertz CT molecular complexity index is 1330. The summed E-state index contributed by atoms with van der Waals surface area (Å²) in [5.41, 5.74) is 3.50. The molecule has 4 rings (SSSR count).